The van der Waals surface area contributed by atoms with Crippen LogP contribution in [-0.2, 0) is 0 Å². The van der Waals surface area contributed by atoms with Crippen molar-refractivity contribution < 1.29 is 0 Å². The predicted molar refractivity (Wildman–Crippen MR) is 71.9 cm³/mol. The van der Waals surface area contributed by atoms with Crippen molar-refractivity contribution in [3.8, 4) is 0 Å². The first kappa shape index (κ1) is 12.0. The molecule has 3 fully saturated rings. The van der Waals surface area contributed by atoms with Gasteiger partial charge in [-0.3, -0.25) is 4.90 Å². The number of nitrogens with two attached hydrogens (primary N) is 1. The summed E-state index contributed by atoms with van der Waals surface area (Å²) in [5, 5.41) is 0. The maximum atomic E-state index is 6.18. The van der Waals surface area contributed by atoms with Crippen LogP contribution in [0.5, 0.6) is 0 Å². The summed E-state index contributed by atoms with van der Waals surface area (Å²) in [6.07, 6.45) is 14.2. The van der Waals surface area contributed by atoms with Gasteiger partial charge < -0.3 is 5.73 Å². The molecular weight excluding hydrogens is 208 g/mol. The maximum Gasteiger partial charge on any atom is 0.0113 e. The van der Waals surface area contributed by atoms with Crippen LogP contribution in [0.25, 0.3) is 0 Å². The Morgan fingerprint density at radius 1 is 0.882 bits per heavy atom. The second kappa shape index (κ2) is 5.27. The van der Waals surface area contributed by atoms with E-state index in [-0.39, 0.29) is 0 Å². The zero-order chi connectivity index (χ0) is 11.7. The van der Waals surface area contributed by atoms with E-state index in [0.29, 0.717) is 6.04 Å². The molecule has 0 amide bonds. The fourth-order valence-electron chi connectivity index (χ4n) is 4.52. The molecule has 2 saturated heterocycles. The summed E-state index contributed by atoms with van der Waals surface area (Å²) in [4.78, 5) is 2.84. The third kappa shape index (κ3) is 2.68. The molecule has 1 saturated carbocycles. The van der Waals surface area contributed by atoms with E-state index < -0.39 is 0 Å². The molecule has 2 atom stereocenters. The van der Waals surface area contributed by atoms with Crippen LogP contribution in [0.15, 0.2) is 0 Å². The van der Waals surface area contributed by atoms with Crippen LogP contribution in [0.1, 0.15) is 64.2 Å². The minimum atomic E-state index is 0.494. The van der Waals surface area contributed by atoms with E-state index in [1.165, 1.54) is 70.8 Å². The molecule has 2 unspecified atom stereocenters. The Kier molecular flexibility index (Phi) is 3.72. The van der Waals surface area contributed by atoms with Crippen molar-refractivity contribution in [2.75, 3.05) is 6.54 Å². The van der Waals surface area contributed by atoms with E-state index in [4.69, 9.17) is 5.73 Å². The topological polar surface area (TPSA) is 29.3 Å². The summed E-state index contributed by atoms with van der Waals surface area (Å²) in [5.41, 5.74) is 6.18. The lowest BCUT2D eigenvalue weighted by Crippen LogP contribution is -2.55. The van der Waals surface area contributed by atoms with Crippen LogP contribution in [-0.4, -0.2) is 29.6 Å². The fraction of sp³-hybridized carbons (Fsp3) is 1.00. The zero-order valence-corrected chi connectivity index (χ0v) is 11.1. The van der Waals surface area contributed by atoms with E-state index in [9.17, 15) is 0 Å². The first-order chi connectivity index (χ1) is 8.33. The highest BCUT2D eigenvalue weighted by Crippen LogP contribution is 2.35. The van der Waals surface area contributed by atoms with Gasteiger partial charge in [0.1, 0.15) is 0 Å². The van der Waals surface area contributed by atoms with E-state index >= 15 is 0 Å². The first-order valence-corrected chi connectivity index (χ1v) is 7.84. The number of piperidine rings is 2. The Balaban J connectivity index is 1.54. The van der Waals surface area contributed by atoms with Gasteiger partial charge in [-0.05, 0) is 44.6 Å². The second-order valence-corrected chi connectivity index (χ2v) is 6.65. The maximum absolute atomic E-state index is 6.18. The van der Waals surface area contributed by atoms with Gasteiger partial charge in [-0.25, -0.2) is 0 Å². The third-order valence-electron chi connectivity index (χ3n) is 5.43. The Morgan fingerprint density at radius 2 is 1.53 bits per heavy atom. The summed E-state index contributed by atoms with van der Waals surface area (Å²) in [6, 6.07) is 2.16. The van der Waals surface area contributed by atoms with E-state index in [1.807, 2.05) is 0 Å². The minimum absolute atomic E-state index is 0.494. The first-order valence-electron chi connectivity index (χ1n) is 7.84. The van der Waals surface area contributed by atoms with Crippen molar-refractivity contribution in [3.05, 3.63) is 0 Å². The van der Waals surface area contributed by atoms with Crippen molar-refractivity contribution >= 4 is 0 Å². The molecule has 17 heavy (non-hydrogen) atoms. The lowest BCUT2D eigenvalue weighted by molar-refractivity contribution is 0.0272. The van der Waals surface area contributed by atoms with Crippen molar-refractivity contribution in [1.29, 1.82) is 0 Å². The van der Waals surface area contributed by atoms with Gasteiger partial charge in [-0.15, -0.1) is 0 Å². The Bertz CT molecular complexity index is 233. The fourth-order valence-corrected chi connectivity index (χ4v) is 4.52. The summed E-state index contributed by atoms with van der Waals surface area (Å²) >= 11 is 0. The SMILES string of the molecule is NC1CC2CCCC(C1)N2CCC1CCCC1. The highest BCUT2D eigenvalue weighted by atomic mass is 15.2. The van der Waals surface area contributed by atoms with Crippen LogP contribution < -0.4 is 5.73 Å². The van der Waals surface area contributed by atoms with Gasteiger partial charge in [0, 0.05) is 18.1 Å². The highest BCUT2D eigenvalue weighted by molar-refractivity contribution is 4.94. The highest BCUT2D eigenvalue weighted by Gasteiger charge is 2.36. The molecule has 98 valence electrons. The molecule has 2 heteroatoms. The number of hydrogen-bond acceptors (Lipinski definition) is 2. The van der Waals surface area contributed by atoms with Gasteiger partial charge in [-0.2, -0.15) is 0 Å². The van der Waals surface area contributed by atoms with Gasteiger partial charge in [0.05, 0.1) is 0 Å². The van der Waals surface area contributed by atoms with Crippen molar-refractivity contribution in [2.24, 2.45) is 11.7 Å². The Morgan fingerprint density at radius 3 is 2.18 bits per heavy atom. The van der Waals surface area contributed by atoms with Gasteiger partial charge in [-0.1, -0.05) is 32.1 Å². The quantitative estimate of drug-likeness (QED) is 0.816. The molecule has 2 aliphatic heterocycles. The number of rotatable bonds is 3. The predicted octanol–water partition coefficient (Wildman–Crippen LogP) is 2.91. The van der Waals surface area contributed by atoms with Gasteiger partial charge in [0.15, 0.2) is 0 Å². The summed E-state index contributed by atoms with van der Waals surface area (Å²) in [7, 11) is 0. The van der Waals surface area contributed by atoms with Crippen molar-refractivity contribution in [3.63, 3.8) is 0 Å². The van der Waals surface area contributed by atoms with Crippen LogP contribution in [0.2, 0.25) is 0 Å². The molecule has 0 aromatic rings. The molecule has 1 aliphatic carbocycles. The van der Waals surface area contributed by atoms with Crippen LogP contribution in [0.4, 0.5) is 0 Å². The molecular formula is C15H28N2. The Labute approximate surface area is 106 Å². The normalized spacial score (nSPS) is 39.7. The van der Waals surface area contributed by atoms with Crippen molar-refractivity contribution in [2.45, 2.75) is 82.3 Å². The molecule has 0 aromatic carbocycles. The average molecular weight is 236 g/mol. The molecule has 2 nitrogen and oxygen atoms in total. The molecule has 3 aliphatic rings. The van der Waals surface area contributed by atoms with Crippen molar-refractivity contribution in [1.82, 2.24) is 4.90 Å². The zero-order valence-electron chi connectivity index (χ0n) is 11.1. The minimum Gasteiger partial charge on any atom is -0.328 e. The molecule has 2 N–H and O–H groups in total. The number of hydrogen-bond donors (Lipinski definition) is 1. The van der Waals surface area contributed by atoms with Gasteiger partial charge >= 0.3 is 0 Å². The second-order valence-electron chi connectivity index (χ2n) is 6.65. The lowest BCUT2D eigenvalue weighted by Gasteiger charge is -2.48. The van der Waals surface area contributed by atoms with Crippen LogP contribution in [0.3, 0.4) is 0 Å². The molecule has 3 rings (SSSR count). The molecule has 0 spiro atoms. The monoisotopic (exact) mass is 236 g/mol. The standard InChI is InChI=1S/C15H28N2/c16-13-10-14-6-3-7-15(11-13)17(14)9-8-12-4-1-2-5-12/h12-15H,1-11,16H2. The van der Waals surface area contributed by atoms with E-state index in [1.54, 1.807) is 0 Å². The molecule has 2 bridgehead atoms. The molecule has 0 radical (unpaired) electrons. The number of nitrogens with zero attached hydrogens (tertiary/aromatic N) is 1. The van der Waals surface area contributed by atoms with Gasteiger partial charge in [0.25, 0.3) is 0 Å². The van der Waals surface area contributed by atoms with Gasteiger partial charge in [0.2, 0.25) is 0 Å². The Hall–Kier alpha value is -0.0800. The smallest absolute Gasteiger partial charge is 0.0113 e. The molecule has 2 heterocycles. The van der Waals surface area contributed by atoms with E-state index in [0.717, 1.165) is 18.0 Å². The lowest BCUT2D eigenvalue weighted by atomic mass is 9.81. The summed E-state index contributed by atoms with van der Waals surface area (Å²) < 4.78 is 0. The molecule has 0 aromatic heterocycles. The summed E-state index contributed by atoms with van der Waals surface area (Å²) in [5.74, 6) is 1.05. The van der Waals surface area contributed by atoms with Crippen LogP contribution in [0, 0.1) is 5.92 Å². The third-order valence-corrected chi connectivity index (χ3v) is 5.43. The largest absolute Gasteiger partial charge is 0.328 e. The number of fused-ring (bicyclic) bond motifs is 2. The van der Waals surface area contributed by atoms with Crippen LogP contribution >= 0.6 is 0 Å². The summed E-state index contributed by atoms with van der Waals surface area (Å²) in [6.45, 7) is 1.37. The average Bonchev–Trinajstić information content (AvgIpc) is 2.79. The van der Waals surface area contributed by atoms with E-state index in [2.05, 4.69) is 4.90 Å².